The summed E-state index contributed by atoms with van der Waals surface area (Å²) in [4.78, 5) is 0. The molecule has 0 aliphatic rings. The zero-order chi connectivity index (χ0) is 14.2. The van der Waals surface area contributed by atoms with Crippen molar-refractivity contribution in [3.8, 4) is 0 Å². The normalized spacial score (nSPS) is 10.8. The van der Waals surface area contributed by atoms with Gasteiger partial charge in [0.05, 0.1) is 17.1 Å². The van der Waals surface area contributed by atoms with Crippen LogP contribution in [0.4, 0.5) is 26.0 Å². The minimum atomic E-state index is -0.530. The molecule has 0 spiro atoms. The number of benzene rings is 1. The highest BCUT2D eigenvalue weighted by atomic mass is 19.1. The molecule has 102 valence electrons. The SMILES string of the molecule is CCc1nn(C)c(Nc2cc(F)c(C)cc2F)c1N. The first-order valence-electron chi connectivity index (χ1n) is 5.98. The summed E-state index contributed by atoms with van der Waals surface area (Å²) in [5.74, 6) is -0.545. The van der Waals surface area contributed by atoms with Gasteiger partial charge in [-0.1, -0.05) is 6.92 Å². The summed E-state index contributed by atoms with van der Waals surface area (Å²) in [7, 11) is 1.69. The first-order valence-corrected chi connectivity index (χ1v) is 5.98. The van der Waals surface area contributed by atoms with Gasteiger partial charge in [-0.05, 0) is 25.0 Å². The lowest BCUT2D eigenvalue weighted by molar-refractivity contribution is 0.595. The molecule has 0 aliphatic carbocycles. The summed E-state index contributed by atoms with van der Waals surface area (Å²) < 4.78 is 28.8. The van der Waals surface area contributed by atoms with Crippen LogP contribution in [0.2, 0.25) is 0 Å². The van der Waals surface area contributed by atoms with Crippen molar-refractivity contribution in [3.63, 3.8) is 0 Å². The van der Waals surface area contributed by atoms with Gasteiger partial charge in [0.1, 0.15) is 11.6 Å². The summed E-state index contributed by atoms with van der Waals surface area (Å²) in [6, 6.07) is 2.26. The van der Waals surface area contributed by atoms with Crippen molar-refractivity contribution in [1.29, 1.82) is 0 Å². The molecule has 3 N–H and O–H groups in total. The molecule has 0 aliphatic heterocycles. The fourth-order valence-corrected chi connectivity index (χ4v) is 1.87. The van der Waals surface area contributed by atoms with E-state index in [4.69, 9.17) is 5.73 Å². The second-order valence-corrected chi connectivity index (χ2v) is 4.39. The Morgan fingerprint density at radius 3 is 2.58 bits per heavy atom. The standard InChI is InChI=1S/C13H16F2N4/c1-4-10-12(16)13(19(3)18-10)17-11-6-8(14)7(2)5-9(11)15/h5-6,17H,4,16H2,1-3H3. The van der Waals surface area contributed by atoms with Gasteiger partial charge in [-0.3, -0.25) is 4.68 Å². The van der Waals surface area contributed by atoms with E-state index in [9.17, 15) is 8.78 Å². The van der Waals surface area contributed by atoms with E-state index in [1.54, 1.807) is 7.05 Å². The molecule has 19 heavy (non-hydrogen) atoms. The Kier molecular flexibility index (Phi) is 3.42. The summed E-state index contributed by atoms with van der Waals surface area (Å²) in [6.07, 6.45) is 0.673. The molecule has 1 heterocycles. The van der Waals surface area contributed by atoms with Crippen molar-refractivity contribution in [2.75, 3.05) is 11.1 Å². The Hall–Kier alpha value is -2.11. The van der Waals surface area contributed by atoms with E-state index in [1.165, 1.54) is 11.6 Å². The van der Waals surface area contributed by atoms with Gasteiger partial charge >= 0.3 is 0 Å². The molecular weight excluding hydrogens is 250 g/mol. The van der Waals surface area contributed by atoms with Crippen molar-refractivity contribution < 1.29 is 8.78 Å². The van der Waals surface area contributed by atoms with Crippen LogP contribution in [0.15, 0.2) is 12.1 Å². The fourth-order valence-electron chi connectivity index (χ4n) is 1.87. The van der Waals surface area contributed by atoms with Crippen molar-refractivity contribution in [2.45, 2.75) is 20.3 Å². The van der Waals surface area contributed by atoms with E-state index in [-0.39, 0.29) is 11.3 Å². The van der Waals surface area contributed by atoms with Gasteiger partial charge in [-0.25, -0.2) is 8.78 Å². The Bertz CT molecular complexity index is 620. The minimum Gasteiger partial charge on any atom is -0.394 e. The van der Waals surface area contributed by atoms with Crippen LogP contribution in [-0.2, 0) is 13.5 Å². The van der Waals surface area contributed by atoms with Crippen molar-refractivity contribution >= 4 is 17.2 Å². The lowest BCUT2D eigenvalue weighted by atomic mass is 10.2. The largest absolute Gasteiger partial charge is 0.394 e. The van der Waals surface area contributed by atoms with Crippen molar-refractivity contribution in [2.24, 2.45) is 7.05 Å². The maximum absolute atomic E-state index is 13.8. The highest BCUT2D eigenvalue weighted by Gasteiger charge is 2.14. The van der Waals surface area contributed by atoms with Gasteiger partial charge in [0.2, 0.25) is 0 Å². The first kappa shape index (κ1) is 13.3. The molecule has 0 atom stereocenters. The Morgan fingerprint density at radius 2 is 2.00 bits per heavy atom. The number of hydrogen-bond donors (Lipinski definition) is 2. The average molecular weight is 266 g/mol. The van der Waals surface area contributed by atoms with Crippen LogP contribution >= 0.6 is 0 Å². The lowest BCUT2D eigenvalue weighted by Crippen LogP contribution is -2.03. The summed E-state index contributed by atoms with van der Waals surface area (Å²) in [5.41, 5.74) is 7.39. The maximum atomic E-state index is 13.8. The van der Waals surface area contributed by atoms with Gasteiger partial charge in [0, 0.05) is 13.1 Å². The number of nitrogen functional groups attached to an aromatic ring is 1. The van der Waals surface area contributed by atoms with Gasteiger partial charge < -0.3 is 11.1 Å². The van der Waals surface area contributed by atoms with Crippen LogP contribution in [0.3, 0.4) is 0 Å². The smallest absolute Gasteiger partial charge is 0.152 e. The Labute approximate surface area is 110 Å². The van der Waals surface area contributed by atoms with Gasteiger partial charge in [-0.2, -0.15) is 5.10 Å². The molecule has 0 saturated carbocycles. The molecule has 1 aromatic carbocycles. The number of aryl methyl sites for hydroxylation is 3. The highest BCUT2D eigenvalue weighted by Crippen LogP contribution is 2.28. The van der Waals surface area contributed by atoms with Crippen LogP contribution in [-0.4, -0.2) is 9.78 Å². The summed E-state index contributed by atoms with van der Waals surface area (Å²) in [5, 5.41) is 7.00. The van der Waals surface area contributed by atoms with Crippen molar-refractivity contribution in [3.05, 3.63) is 35.0 Å². The highest BCUT2D eigenvalue weighted by molar-refractivity contribution is 5.71. The van der Waals surface area contributed by atoms with E-state index < -0.39 is 11.6 Å². The summed E-state index contributed by atoms with van der Waals surface area (Å²) in [6.45, 7) is 3.43. The second kappa shape index (κ2) is 4.87. The molecule has 0 bridgehead atoms. The van der Waals surface area contributed by atoms with Gasteiger partial charge in [-0.15, -0.1) is 0 Å². The molecule has 2 aromatic rings. The summed E-state index contributed by atoms with van der Waals surface area (Å²) >= 11 is 0. The van der Waals surface area contributed by atoms with Crippen LogP contribution in [0.1, 0.15) is 18.2 Å². The molecule has 0 radical (unpaired) electrons. The molecular formula is C13H16F2N4. The molecule has 0 unspecified atom stereocenters. The number of nitrogens with two attached hydrogens (primary N) is 1. The van der Waals surface area contributed by atoms with Crippen molar-refractivity contribution in [1.82, 2.24) is 9.78 Å². The molecule has 1 aromatic heterocycles. The molecule has 2 rings (SSSR count). The number of nitrogens with zero attached hydrogens (tertiary/aromatic N) is 2. The van der Waals surface area contributed by atoms with E-state index in [1.807, 2.05) is 6.92 Å². The lowest BCUT2D eigenvalue weighted by Gasteiger charge is -2.10. The van der Waals surface area contributed by atoms with E-state index in [2.05, 4.69) is 10.4 Å². The number of hydrogen-bond acceptors (Lipinski definition) is 3. The third-order valence-corrected chi connectivity index (χ3v) is 3.00. The Balaban J connectivity index is 2.42. The second-order valence-electron chi connectivity index (χ2n) is 4.39. The Morgan fingerprint density at radius 1 is 1.32 bits per heavy atom. The molecule has 0 saturated heterocycles. The van der Waals surface area contributed by atoms with Gasteiger partial charge in [0.15, 0.2) is 5.82 Å². The predicted octanol–water partition coefficient (Wildman–Crippen LogP) is 2.89. The van der Waals surface area contributed by atoms with Crippen LogP contribution in [0, 0.1) is 18.6 Å². The number of halogens is 2. The maximum Gasteiger partial charge on any atom is 0.152 e. The van der Waals surface area contributed by atoms with E-state index in [0.29, 0.717) is 17.9 Å². The number of rotatable bonds is 3. The molecule has 4 nitrogen and oxygen atoms in total. The average Bonchev–Trinajstić information content (AvgIpc) is 2.63. The van der Waals surface area contributed by atoms with Crippen LogP contribution < -0.4 is 11.1 Å². The minimum absolute atomic E-state index is 0.0421. The third-order valence-electron chi connectivity index (χ3n) is 3.00. The van der Waals surface area contributed by atoms with Crippen LogP contribution in [0.5, 0.6) is 0 Å². The van der Waals surface area contributed by atoms with Crippen LogP contribution in [0.25, 0.3) is 0 Å². The van der Waals surface area contributed by atoms with E-state index in [0.717, 1.165) is 17.8 Å². The number of aromatic nitrogens is 2. The third kappa shape index (κ3) is 2.38. The monoisotopic (exact) mass is 266 g/mol. The predicted molar refractivity (Wildman–Crippen MR) is 71.4 cm³/mol. The molecule has 0 amide bonds. The van der Waals surface area contributed by atoms with E-state index >= 15 is 0 Å². The number of anilines is 3. The van der Waals surface area contributed by atoms with Gasteiger partial charge in [0.25, 0.3) is 0 Å². The quantitative estimate of drug-likeness (QED) is 0.898. The molecule has 6 heteroatoms. The topological polar surface area (TPSA) is 55.9 Å². The molecule has 0 fully saturated rings. The number of nitrogens with one attached hydrogen (secondary N) is 1. The zero-order valence-corrected chi connectivity index (χ0v) is 11.1. The zero-order valence-electron chi connectivity index (χ0n) is 11.1. The fraction of sp³-hybridized carbons (Fsp3) is 0.308. The first-order chi connectivity index (χ1) is 8.93.